The Labute approximate surface area is 215 Å². The first-order valence-corrected chi connectivity index (χ1v) is 12.5. The van der Waals surface area contributed by atoms with Crippen LogP contribution in [-0.4, -0.2) is 73.9 Å². The molecule has 1 spiro atoms. The summed E-state index contributed by atoms with van der Waals surface area (Å²) in [4.78, 5) is 31.4. The number of aliphatic hydroxyl groups is 1. The Bertz CT molecular complexity index is 1240. The van der Waals surface area contributed by atoms with Crippen LogP contribution in [0.15, 0.2) is 18.3 Å². The van der Waals surface area contributed by atoms with Crippen LogP contribution in [0.25, 0.3) is 11.3 Å². The third-order valence-corrected chi connectivity index (χ3v) is 8.56. The molecule has 1 aliphatic heterocycles. The van der Waals surface area contributed by atoms with Crippen molar-refractivity contribution in [3.8, 4) is 17.1 Å². The molecule has 0 radical (unpaired) electrons. The van der Waals surface area contributed by atoms with Crippen LogP contribution in [0.4, 0.5) is 17.6 Å². The van der Waals surface area contributed by atoms with Crippen LogP contribution in [0.2, 0.25) is 0 Å². The minimum Gasteiger partial charge on any atom is -0.481 e. The summed E-state index contributed by atoms with van der Waals surface area (Å²) in [5, 5.41) is 16.9. The number of Topliss-reactive ketones (excluding diaryl/α,β-unsaturated/α-hetero) is 1. The second-order valence-electron chi connectivity index (χ2n) is 10.6. The van der Waals surface area contributed by atoms with Gasteiger partial charge in [0.05, 0.1) is 19.0 Å². The number of pyridine rings is 1. The minimum atomic E-state index is -4.71. The van der Waals surface area contributed by atoms with Gasteiger partial charge in [0, 0.05) is 35.0 Å². The molecule has 0 bridgehead atoms. The number of halogens is 4. The van der Waals surface area contributed by atoms with E-state index < -0.39 is 53.7 Å². The zero-order valence-electron chi connectivity index (χ0n) is 20.7. The molecule has 3 heterocycles. The number of methoxy groups -OCH3 is 1. The Balaban J connectivity index is 1.37. The van der Waals surface area contributed by atoms with E-state index in [2.05, 4.69) is 20.1 Å². The SMILES string of the molecule is COc1cc(-c2cc(C(=O)[C@@H]3C[C@@]34C[C@H](C(N)=O)CCN4C3CCC(O)(C(F)(F)F)CC3)[nH]n2)c(F)cn1. The van der Waals surface area contributed by atoms with Gasteiger partial charge in [-0.1, -0.05) is 0 Å². The molecule has 3 aliphatic rings. The maximum atomic E-state index is 14.4. The molecule has 2 aromatic rings. The molecule has 0 unspecified atom stereocenters. The highest BCUT2D eigenvalue weighted by Crippen LogP contribution is 2.58. The lowest BCUT2D eigenvalue weighted by Gasteiger charge is -2.48. The lowest BCUT2D eigenvalue weighted by atomic mass is 9.78. The molecule has 38 heavy (non-hydrogen) atoms. The van der Waals surface area contributed by atoms with E-state index >= 15 is 0 Å². The number of piperidine rings is 1. The number of nitrogens with zero attached hydrogens (tertiary/aromatic N) is 3. The molecule has 2 aromatic heterocycles. The molecule has 2 aliphatic carbocycles. The zero-order chi connectivity index (χ0) is 27.5. The average molecular weight is 540 g/mol. The van der Waals surface area contributed by atoms with Crippen LogP contribution < -0.4 is 10.5 Å². The number of ether oxygens (including phenoxy) is 1. The Morgan fingerprint density at radius 3 is 2.55 bits per heavy atom. The first-order valence-electron chi connectivity index (χ1n) is 12.5. The number of nitrogens with two attached hydrogens (primary N) is 1. The summed E-state index contributed by atoms with van der Waals surface area (Å²) in [5.41, 5.74) is 2.62. The number of hydrogen-bond donors (Lipinski definition) is 3. The molecule has 0 aromatic carbocycles. The summed E-state index contributed by atoms with van der Waals surface area (Å²) >= 11 is 0. The maximum absolute atomic E-state index is 14.4. The maximum Gasteiger partial charge on any atom is 0.417 e. The topological polar surface area (TPSA) is 134 Å². The highest BCUT2D eigenvalue weighted by atomic mass is 19.4. The molecule has 4 N–H and O–H groups in total. The molecule has 206 valence electrons. The van der Waals surface area contributed by atoms with Crippen molar-refractivity contribution < 1.29 is 37.0 Å². The quantitative estimate of drug-likeness (QED) is 0.380. The predicted octanol–water partition coefficient (Wildman–Crippen LogP) is 2.99. The van der Waals surface area contributed by atoms with Gasteiger partial charge in [-0.05, 0) is 57.6 Å². The van der Waals surface area contributed by atoms with E-state index in [1.165, 1.54) is 19.2 Å². The number of carbonyl (C=O) groups excluding carboxylic acids is 2. The van der Waals surface area contributed by atoms with Crippen molar-refractivity contribution in [2.24, 2.45) is 17.6 Å². The number of H-pyrrole nitrogens is 1. The number of carbonyl (C=O) groups is 2. The number of nitrogens with one attached hydrogen (secondary N) is 1. The monoisotopic (exact) mass is 539 g/mol. The Hall–Kier alpha value is -3.06. The molecule has 13 heteroatoms. The van der Waals surface area contributed by atoms with Gasteiger partial charge in [-0.2, -0.15) is 18.3 Å². The van der Waals surface area contributed by atoms with Gasteiger partial charge in [0.25, 0.3) is 0 Å². The van der Waals surface area contributed by atoms with E-state index in [1.54, 1.807) is 0 Å². The van der Waals surface area contributed by atoms with Crippen LogP contribution in [0.5, 0.6) is 5.88 Å². The number of ketones is 1. The smallest absolute Gasteiger partial charge is 0.417 e. The van der Waals surface area contributed by atoms with E-state index in [0.29, 0.717) is 25.8 Å². The fourth-order valence-electron chi connectivity index (χ4n) is 6.30. The zero-order valence-corrected chi connectivity index (χ0v) is 20.7. The molecular weight excluding hydrogens is 510 g/mol. The highest BCUT2D eigenvalue weighted by molar-refractivity contribution is 6.00. The van der Waals surface area contributed by atoms with E-state index in [1.807, 2.05) is 0 Å². The molecule has 9 nitrogen and oxygen atoms in total. The normalized spacial score (nSPS) is 31.8. The van der Waals surface area contributed by atoms with Crippen molar-refractivity contribution in [1.82, 2.24) is 20.1 Å². The Morgan fingerprint density at radius 2 is 1.92 bits per heavy atom. The first-order chi connectivity index (χ1) is 17.9. The van der Waals surface area contributed by atoms with Crippen molar-refractivity contribution in [1.29, 1.82) is 0 Å². The highest BCUT2D eigenvalue weighted by Gasteiger charge is 2.66. The van der Waals surface area contributed by atoms with E-state index in [-0.39, 0.29) is 47.5 Å². The number of aromatic nitrogens is 3. The van der Waals surface area contributed by atoms with Gasteiger partial charge >= 0.3 is 6.18 Å². The Morgan fingerprint density at radius 1 is 1.21 bits per heavy atom. The molecule has 3 atom stereocenters. The van der Waals surface area contributed by atoms with Crippen molar-refractivity contribution in [3.05, 3.63) is 29.8 Å². The largest absolute Gasteiger partial charge is 0.481 e. The fraction of sp³-hybridized carbons (Fsp3) is 0.600. The van der Waals surface area contributed by atoms with Crippen LogP contribution in [0.3, 0.4) is 0 Å². The number of alkyl halides is 3. The fourth-order valence-corrected chi connectivity index (χ4v) is 6.30. The van der Waals surface area contributed by atoms with Gasteiger partial charge in [-0.3, -0.25) is 19.6 Å². The van der Waals surface area contributed by atoms with Gasteiger partial charge < -0.3 is 15.6 Å². The lowest BCUT2D eigenvalue weighted by Crippen LogP contribution is -2.57. The molecular formula is C25H29F4N5O4. The molecule has 5 rings (SSSR count). The van der Waals surface area contributed by atoms with Gasteiger partial charge in [-0.15, -0.1) is 0 Å². The van der Waals surface area contributed by atoms with Crippen molar-refractivity contribution >= 4 is 11.7 Å². The second-order valence-corrected chi connectivity index (χ2v) is 10.6. The van der Waals surface area contributed by atoms with Gasteiger partial charge in [0.15, 0.2) is 17.2 Å². The third-order valence-electron chi connectivity index (χ3n) is 8.56. The molecule has 3 fully saturated rings. The standard InChI is InChI=1S/C25H29F4N5O4/c1-38-20-8-15(17(26)12-31-20)18-9-19(33-32-18)21(35)16-11-23(16)10-13(22(30)36)4-7-34(23)14-2-5-24(37,6-3-14)25(27,28)29/h8-9,12-14,16,37H,2-7,10-11H2,1H3,(H2,30,36)(H,32,33)/t13-,14?,16+,23+,24?/m1/s1. The van der Waals surface area contributed by atoms with Crippen LogP contribution in [0, 0.1) is 17.7 Å². The summed E-state index contributed by atoms with van der Waals surface area (Å²) in [6.07, 6.45) is -3.11. The van der Waals surface area contributed by atoms with Crippen molar-refractivity contribution in [2.45, 2.75) is 68.3 Å². The van der Waals surface area contributed by atoms with Crippen LogP contribution in [-0.2, 0) is 4.79 Å². The average Bonchev–Trinajstić information content (AvgIpc) is 3.35. The van der Waals surface area contributed by atoms with Gasteiger partial charge in [0.1, 0.15) is 5.69 Å². The van der Waals surface area contributed by atoms with Crippen molar-refractivity contribution in [3.63, 3.8) is 0 Å². The summed E-state index contributed by atoms with van der Waals surface area (Å²) in [7, 11) is 1.39. The van der Waals surface area contributed by atoms with E-state index in [4.69, 9.17) is 10.5 Å². The minimum absolute atomic E-state index is 0.102. The summed E-state index contributed by atoms with van der Waals surface area (Å²) < 4.78 is 59.4. The van der Waals surface area contributed by atoms with E-state index in [9.17, 15) is 32.3 Å². The second kappa shape index (κ2) is 9.30. The van der Waals surface area contributed by atoms with Crippen LogP contribution in [0.1, 0.15) is 55.4 Å². The number of likely N-dealkylation sites (tertiary alicyclic amines) is 1. The number of hydrogen-bond acceptors (Lipinski definition) is 7. The van der Waals surface area contributed by atoms with Gasteiger partial charge in [0.2, 0.25) is 11.8 Å². The summed E-state index contributed by atoms with van der Waals surface area (Å²) in [6.45, 7) is 0.419. The molecule has 2 saturated carbocycles. The predicted molar refractivity (Wildman–Crippen MR) is 125 cm³/mol. The van der Waals surface area contributed by atoms with Crippen molar-refractivity contribution in [2.75, 3.05) is 13.7 Å². The summed E-state index contributed by atoms with van der Waals surface area (Å²) in [6, 6.07) is 2.54. The van der Waals surface area contributed by atoms with Gasteiger partial charge in [-0.25, -0.2) is 9.37 Å². The number of primary amides is 1. The Kier molecular flexibility index (Phi) is 6.49. The number of aromatic amines is 1. The van der Waals surface area contributed by atoms with Crippen LogP contribution >= 0.6 is 0 Å². The number of amides is 1. The van der Waals surface area contributed by atoms with E-state index in [0.717, 1.165) is 6.20 Å². The third kappa shape index (κ3) is 4.45. The molecule has 1 saturated heterocycles. The molecule has 1 amide bonds. The number of rotatable bonds is 6. The summed E-state index contributed by atoms with van der Waals surface area (Å²) in [5.74, 6) is -2.18. The first kappa shape index (κ1) is 26.5. The lowest BCUT2D eigenvalue weighted by molar-refractivity contribution is -0.272.